The molecule has 1 aromatic carbocycles. The molecule has 0 unspecified atom stereocenters. The molecule has 0 saturated heterocycles. The zero-order valence-electron chi connectivity index (χ0n) is 11.1. The van der Waals surface area contributed by atoms with E-state index >= 15 is 0 Å². The fraction of sp³-hybridized carbons (Fsp3) is 0.286. The molecule has 0 bridgehead atoms. The van der Waals surface area contributed by atoms with Gasteiger partial charge in [0.25, 0.3) is 0 Å². The highest BCUT2D eigenvalue weighted by molar-refractivity contribution is 6.33. The molecule has 0 aliphatic rings. The number of carbonyl (C=O) groups excluding carboxylic acids is 1. The van der Waals surface area contributed by atoms with Crippen LogP contribution < -0.4 is 4.90 Å². The summed E-state index contributed by atoms with van der Waals surface area (Å²) >= 11 is 6.14. The largest absolute Gasteiger partial charge is 0.463 e. The van der Waals surface area contributed by atoms with Gasteiger partial charge < -0.3 is 9.64 Å². The van der Waals surface area contributed by atoms with Crippen molar-refractivity contribution in [2.75, 3.05) is 25.6 Å². The molecule has 0 atom stereocenters. The van der Waals surface area contributed by atoms with Gasteiger partial charge in [0.05, 0.1) is 17.2 Å². The average molecular weight is 279 g/mol. The molecule has 4 nitrogen and oxygen atoms in total. The molecule has 1 rings (SSSR count). The Morgan fingerprint density at radius 3 is 2.68 bits per heavy atom. The Bertz CT molecular complexity index is 545. The number of carbonyl (C=O) groups is 1. The van der Waals surface area contributed by atoms with Gasteiger partial charge in [-0.05, 0) is 19.1 Å². The van der Waals surface area contributed by atoms with Crippen LogP contribution in [0.25, 0.3) is 5.57 Å². The molecular formula is C14H15ClN2O2. The van der Waals surface area contributed by atoms with Crippen LogP contribution in [0, 0.1) is 11.3 Å². The molecule has 0 aromatic heterocycles. The van der Waals surface area contributed by atoms with Crippen molar-refractivity contribution < 1.29 is 9.53 Å². The molecule has 0 heterocycles. The molecule has 1 aromatic rings. The number of hydrogen-bond acceptors (Lipinski definition) is 4. The zero-order chi connectivity index (χ0) is 14.4. The topological polar surface area (TPSA) is 53.3 Å². The van der Waals surface area contributed by atoms with Crippen LogP contribution in [0.2, 0.25) is 5.02 Å². The van der Waals surface area contributed by atoms with Crippen molar-refractivity contribution in [1.29, 1.82) is 5.26 Å². The minimum atomic E-state index is -0.549. The Hall–Kier alpha value is -1.99. The quantitative estimate of drug-likeness (QED) is 0.483. The van der Waals surface area contributed by atoms with Crippen LogP contribution in [0.15, 0.2) is 24.3 Å². The number of nitriles is 1. The summed E-state index contributed by atoms with van der Waals surface area (Å²) in [6.07, 6.45) is 1.15. The van der Waals surface area contributed by atoms with E-state index in [1.54, 1.807) is 19.1 Å². The molecule has 0 aliphatic carbocycles. The van der Waals surface area contributed by atoms with Crippen molar-refractivity contribution in [3.05, 3.63) is 34.9 Å². The average Bonchev–Trinajstić information content (AvgIpc) is 2.36. The van der Waals surface area contributed by atoms with E-state index < -0.39 is 5.97 Å². The van der Waals surface area contributed by atoms with Crippen LogP contribution in [-0.4, -0.2) is 26.7 Å². The smallest absolute Gasteiger partial charge is 0.332 e. The molecule has 0 N–H and O–H groups in total. The summed E-state index contributed by atoms with van der Waals surface area (Å²) in [5, 5.41) is 9.52. The van der Waals surface area contributed by atoms with Gasteiger partial charge in [-0.15, -0.1) is 0 Å². The van der Waals surface area contributed by atoms with Gasteiger partial charge >= 0.3 is 5.97 Å². The maximum absolute atomic E-state index is 11.4. The second-order valence-corrected chi connectivity index (χ2v) is 4.39. The number of rotatable bonds is 4. The number of halogens is 1. The second-order valence-electron chi connectivity index (χ2n) is 3.98. The number of allylic oxidation sites excluding steroid dienone is 1. The predicted molar refractivity (Wildman–Crippen MR) is 76.0 cm³/mol. The molecule has 19 heavy (non-hydrogen) atoms. The summed E-state index contributed by atoms with van der Waals surface area (Å²) in [6, 6.07) is 7.25. The maximum atomic E-state index is 11.4. The molecule has 0 spiro atoms. The van der Waals surface area contributed by atoms with E-state index in [1.807, 2.05) is 31.1 Å². The summed E-state index contributed by atoms with van der Waals surface area (Å²) < 4.78 is 4.78. The van der Waals surface area contributed by atoms with Crippen LogP contribution in [0.5, 0.6) is 0 Å². The van der Waals surface area contributed by atoms with E-state index in [1.165, 1.54) is 0 Å². The van der Waals surface area contributed by atoms with E-state index in [4.69, 9.17) is 21.6 Å². The van der Waals surface area contributed by atoms with E-state index in [-0.39, 0.29) is 12.2 Å². The van der Waals surface area contributed by atoms with Gasteiger partial charge in [-0.1, -0.05) is 17.7 Å². The minimum Gasteiger partial charge on any atom is -0.463 e. The standard InChI is InChI=1S/C14H15ClN2O2/c1-4-19-14(18)7-10(9-16)12-6-5-11(17(2)3)8-13(12)15/h5-8H,4H2,1-3H3. The highest BCUT2D eigenvalue weighted by atomic mass is 35.5. The normalized spacial score (nSPS) is 10.8. The third-order valence-corrected chi connectivity index (χ3v) is 2.74. The molecule has 0 fully saturated rings. The van der Waals surface area contributed by atoms with Gasteiger partial charge in [-0.25, -0.2) is 4.79 Å². The first kappa shape index (κ1) is 15.1. The first-order valence-corrected chi connectivity index (χ1v) is 6.13. The lowest BCUT2D eigenvalue weighted by Gasteiger charge is -2.13. The van der Waals surface area contributed by atoms with E-state index in [0.717, 1.165) is 11.8 Å². The first-order valence-electron chi connectivity index (χ1n) is 5.75. The van der Waals surface area contributed by atoms with E-state index in [2.05, 4.69) is 0 Å². The van der Waals surface area contributed by atoms with E-state index in [0.29, 0.717) is 10.6 Å². The maximum Gasteiger partial charge on any atom is 0.332 e. The highest BCUT2D eigenvalue weighted by Crippen LogP contribution is 2.27. The Morgan fingerprint density at radius 1 is 1.53 bits per heavy atom. The SMILES string of the molecule is CCOC(=O)C=C(C#N)c1ccc(N(C)C)cc1Cl. The molecular weight excluding hydrogens is 264 g/mol. The van der Waals surface area contributed by atoms with Crippen molar-refractivity contribution in [3.8, 4) is 6.07 Å². The Morgan fingerprint density at radius 2 is 2.21 bits per heavy atom. The summed E-state index contributed by atoms with van der Waals surface area (Å²) in [7, 11) is 3.79. The molecule has 0 aliphatic heterocycles. The lowest BCUT2D eigenvalue weighted by atomic mass is 10.1. The number of esters is 1. The van der Waals surface area contributed by atoms with Crippen molar-refractivity contribution in [2.45, 2.75) is 6.92 Å². The number of anilines is 1. The number of ether oxygens (including phenoxy) is 1. The van der Waals surface area contributed by atoms with Gasteiger partial charge in [0.15, 0.2) is 0 Å². The molecule has 5 heteroatoms. The van der Waals surface area contributed by atoms with Crippen LogP contribution in [-0.2, 0) is 9.53 Å². The Balaban J connectivity index is 3.14. The predicted octanol–water partition coefficient (Wildman–Crippen LogP) is 2.88. The Kier molecular flexibility index (Phi) is 5.40. The van der Waals surface area contributed by atoms with Crippen LogP contribution >= 0.6 is 11.6 Å². The minimum absolute atomic E-state index is 0.189. The van der Waals surface area contributed by atoms with Crippen LogP contribution in [0.3, 0.4) is 0 Å². The lowest BCUT2D eigenvalue weighted by molar-refractivity contribution is -0.137. The molecule has 0 saturated carbocycles. The molecule has 0 radical (unpaired) electrons. The summed E-state index contributed by atoms with van der Waals surface area (Å²) in [4.78, 5) is 13.3. The summed E-state index contributed by atoms with van der Waals surface area (Å²) in [5.41, 5.74) is 1.62. The first-order chi connectivity index (χ1) is 8.99. The van der Waals surface area contributed by atoms with Crippen molar-refractivity contribution in [1.82, 2.24) is 0 Å². The summed E-state index contributed by atoms with van der Waals surface area (Å²) in [5.74, 6) is -0.549. The number of nitrogens with zero attached hydrogens (tertiary/aromatic N) is 2. The van der Waals surface area contributed by atoms with Crippen LogP contribution in [0.1, 0.15) is 12.5 Å². The van der Waals surface area contributed by atoms with Crippen molar-refractivity contribution in [3.63, 3.8) is 0 Å². The van der Waals surface area contributed by atoms with Crippen LogP contribution in [0.4, 0.5) is 5.69 Å². The zero-order valence-corrected chi connectivity index (χ0v) is 11.9. The fourth-order valence-corrected chi connectivity index (χ4v) is 1.75. The third-order valence-electron chi connectivity index (χ3n) is 2.43. The molecule has 0 amide bonds. The number of benzene rings is 1. The lowest BCUT2D eigenvalue weighted by Crippen LogP contribution is -2.08. The molecule has 100 valence electrons. The van der Waals surface area contributed by atoms with Crippen molar-refractivity contribution in [2.24, 2.45) is 0 Å². The monoisotopic (exact) mass is 278 g/mol. The second kappa shape index (κ2) is 6.81. The fourth-order valence-electron chi connectivity index (χ4n) is 1.47. The van der Waals surface area contributed by atoms with Crippen molar-refractivity contribution >= 4 is 28.8 Å². The van der Waals surface area contributed by atoms with Gasteiger partial charge in [0, 0.05) is 31.4 Å². The Labute approximate surface area is 117 Å². The van der Waals surface area contributed by atoms with Gasteiger partial charge in [-0.2, -0.15) is 5.26 Å². The summed E-state index contributed by atoms with van der Waals surface area (Å²) in [6.45, 7) is 1.97. The van der Waals surface area contributed by atoms with E-state index in [9.17, 15) is 4.79 Å². The van der Waals surface area contributed by atoms with Gasteiger partial charge in [-0.3, -0.25) is 0 Å². The third kappa shape index (κ3) is 4.01. The van der Waals surface area contributed by atoms with Gasteiger partial charge in [0.2, 0.25) is 0 Å². The van der Waals surface area contributed by atoms with Gasteiger partial charge in [0.1, 0.15) is 6.07 Å². The highest BCUT2D eigenvalue weighted by Gasteiger charge is 2.10. The number of hydrogen-bond donors (Lipinski definition) is 0.